The first-order valence-electron chi connectivity index (χ1n) is 6.70. The van der Waals surface area contributed by atoms with Crippen molar-refractivity contribution < 1.29 is 5.11 Å². The number of hydrogen-bond donors (Lipinski definition) is 1. The average molecular weight is 294 g/mol. The molecule has 0 bridgehead atoms. The van der Waals surface area contributed by atoms with Gasteiger partial charge >= 0.3 is 0 Å². The van der Waals surface area contributed by atoms with Crippen molar-refractivity contribution in [2.24, 2.45) is 0 Å². The Hall–Kier alpha value is -1.43. The molecule has 1 aliphatic rings. The van der Waals surface area contributed by atoms with Gasteiger partial charge in [-0.1, -0.05) is 11.6 Å². The van der Waals surface area contributed by atoms with Crippen molar-refractivity contribution in [1.82, 2.24) is 14.3 Å². The van der Waals surface area contributed by atoms with E-state index in [1.165, 1.54) is 10.5 Å². The minimum absolute atomic E-state index is 0.132. The summed E-state index contributed by atoms with van der Waals surface area (Å²) in [5.74, 6) is 0. The molecule has 1 aliphatic heterocycles. The molecule has 0 amide bonds. The number of hydrogen-bond acceptors (Lipinski definition) is 4. The monoisotopic (exact) mass is 293 g/mol. The normalized spacial score (nSPS) is 19.8. The highest BCUT2D eigenvalue weighted by Gasteiger charge is 2.24. The summed E-state index contributed by atoms with van der Waals surface area (Å²) in [7, 11) is 0. The van der Waals surface area contributed by atoms with Crippen molar-refractivity contribution in [2.75, 3.05) is 13.2 Å². The van der Waals surface area contributed by atoms with Crippen LogP contribution in [0.2, 0.25) is 5.02 Å². The maximum absolute atomic E-state index is 12.1. The first kappa shape index (κ1) is 13.5. The highest BCUT2D eigenvalue weighted by atomic mass is 35.5. The van der Waals surface area contributed by atoms with E-state index < -0.39 is 0 Å². The summed E-state index contributed by atoms with van der Waals surface area (Å²) >= 11 is 5.88. The molecule has 0 radical (unpaired) electrons. The quantitative estimate of drug-likeness (QED) is 0.927. The van der Waals surface area contributed by atoms with Crippen LogP contribution in [0.15, 0.2) is 29.2 Å². The molecule has 0 saturated carbocycles. The van der Waals surface area contributed by atoms with Gasteiger partial charge in [-0.3, -0.25) is 14.1 Å². The highest BCUT2D eigenvalue weighted by Crippen LogP contribution is 2.19. The van der Waals surface area contributed by atoms with Gasteiger partial charge < -0.3 is 5.11 Å². The van der Waals surface area contributed by atoms with Crippen molar-refractivity contribution in [3.8, 4) is 0 Å². The van der Waals surface area contributed by atoms with Gasteiger partial charge in [-0.25, -0.2) is 4.98 Å². The van der Waals surface area contributed by atoms with Crippen LogP contribution in [0.5, 0.6) is 0 Å². The standard InChI is InChI=1S/C14H16ClN3O2/c15-10-3-4-13-16-11(6-14(20)18(13)7-10)8-17-5-1-2-12(17)9-19/h3-4,6-7,12,19H,1-2,5,8-9H2/t12-/m1/s1. The van der Waals surface area contributed by atoms with Gasteiger partial charge in [0.15, 0.2) is 0 Å². The first-order valence-corrected chi connectivity index (χ1v) is 7.08. The Labute approximate surface area is 121 Å². The number of rotatable bonds is 3. The second kappa shape index (κ2) is 5.52. The van der Waals surface area contributed by atoms with Crippen LogP contribution < -0.4 is 5.56 Å². The molecule has 1 atom stereocenters. The van der Waals surface area contributed by atoms with Crippen LogP contribution in [0, 0.1) is 0 Å². The van der Waals surface area contributed by atoms with E-state index in [0.29, 0.717) is 17.2 Å². The molecular weight excluding hydrogens is 278 g/mol. The van der Waals surface area contributed by atoms with Crippen molar-refractivity contribution >= 4 is 17.2 Å². The van der Waals surface area contributed by atoms with Gasteiger partial charge in [-0.2, -0.15) is 0 Å². The average Bonchev–Trinajstić information content (AvgIpc) is 2.87. The third kappa shape index (κ3) is 2.57. The number of aliphatic hydroxyl groups is 1. The zero-order valence-electron chi connectivity index (χ0n) is 11.0. The van der Waals surface area contributed by atoms with Crippen LogP contribution >= 0.6 is 11.6 Å². The minimum Gasteiger partial charge on any atom is -0.395 e. The van der Waals surface area contributed by atoms with Gasteiger partial charge in [0, 0.05) is 24.8 Å². The minimum atomic E-state index is -0.132. The third-order valence-corrected chi connectivity index (χ3v) is 3.98. The Morgan fingerprint density at radius 3 is 3.10 bits per heavy atom. The molecule has 5 nitrogen and oxygen atoms in total. The fraction of sp³-hybridized carbons (Fsp3) is 0.429. The molecular formula is C14H16ClN3O2. The van der Waals surface area contributed by atoms with Crippen molar-refractivity contribution in [2.45, 2.75) is 25.4 Å². The lowest BCUT2D eigenvalue weighted by Gasteiger charge is -2.22. The fourth-order valence-electron chi connectivity index (χ4n) is 2.73. The molecule has 3 rings (SSSR count). The van der Waals surface area contributed by atoms with Gasteiger partial charge in [-0.15, -0.1) is 0 Å². The van der Waals surface area contributed by atoms with Gasteiger partial charge in [-0.05, 0) is 31.5 Å². The van der Waals surface area contributed by atoms with Crippen molar-refractivity contribution in [3.63, 3.8) is 0 Å². The summed E-state index contributed by atoms with van der Waals surface area (Å²) in [5, 5.41) is 9.84. The largest absolute Gasteiger partial charge is 0.395 e. The van der Waals surface area contributed by atoms with E-state index in [4.69, 9.17) is 11.6 Å². The van der Waals surface area contributed by atoms with E-state index >= 15 is 0 Å². The highest BCUT2D eigenvalue weighted by molar-refractivity contribution is 6.30. The van der Waals surface area contributed by atoms with Crippen LogP contribution in [0.3, 0.4) is 0 Å². The second-order valence-electron chi connectivity index (χ2n) is 5.11. The molecule has 3 heterocycles. The number of fused-ring (bicyclic) bond motifs is 1. The topological polar surface area (TPSA) is 57.8 Å². The number of aliphatic hydroxyl groups excluding tert-OH is 1. The Kier molecular flexibility index (Phi) is 3.74. The number of pyridine rings is 1. The molecule has 0 unspecified atom stereocenters. The molecule has 0 aliphatic carbocycles. The zero-order valence-corrected chi connectivity index (χ0v) is 11.8. The van der Waals surface area contributed by atoms with E-state index in [9.17, 15) is 9.90 Å². The van der Waals surface area contributed by atoms with Crippen LogP contribution in [0.1, 0.15) is 18.5 Å². The van der Waals surface area contributed by atoms with Crippen LogP contribution in [0.25, 0.3) is 5.65 Å². The lowest BCUT2D eigenvalue weighted by molar-refractivity contribution is 0.152. The summed E-state index contributed by atoms with van der Waals surface area (Å²) in [6, 6.07) is 5.18. The molecule has 1 N–H and O–H groups in total. The van der Waals surface area contributed by atoms with E-state index in [0.717, 1.165) is 25.1 Å². The van der Waals surface area contributed by atoms with E-state index in [1.807, 2.05) is 0 Å². The molecule has 2 aromatic rings. The molecule has 6 heteroatoms. The molecule has 106 valence electrons. The lowest BCUT2D eigenvalue weighted by Crippen LogP contribution is -2.32. The summed E-state index contributed by atoms with van der Waals surface area (Å²) < 4.78 is 1.44. The zero-order chi connectivity index (χ0) is 14.1. The molecule has 0 aromatic carbocycles. The molecule has 1 fully saturated rings. The number of aromatic nitrogens is 2. The Balaban J connectivity index is 1.93. The molecule has 0 spiro atoms. The predicted octanol–water partition coefficient (Wildman–Crippen LogP) is 1.30. The van der Waals surface area contributed by atoms with Crippen LogP contribution in [0.4, 0.5) is 0 Å². The summed E-state index contributed by atoms with van der Waals surface area (Å²) in [4.78, 5) is 18.7. The molecule has 20 heavy (non-hydrogen) atoms. The number of nitrogens with zero attached hydrogens (tertiary/aromatic N) is 3. The fourth-order valence-corrected chi connectivity index (χ4v) is 2.89. The predicted molar refractivity (Wildman–Crippen MR) is 77.0 cm³/mol. The Morgan fingerprint density at radius 2 is 2.30 bits per heavy atom. The Morgan fingerprint density at radius 1 is 1.45 bits per heavy atom. The van der Waals surface area contributed by atoms with Crippen LogP contribution in [-0.4, -0.2) is 38.6 Å². The van der Waals surface area contributed by atoms with Crippen LogP contribution in [-0.2, 0) is 6.54 Å². The first-order chi connectivity index (χ1) is 9.67. The summed E-state index contributed by atoms with van der Waals surface area (Å²) in [6.45, 7) is 1.69. The van der Waals surface area contributed by atoms with Gasteiger partial charge in [0.05, 0.1) is 17.3 Å². The van der Waals surface area contributed by atoms with Crippen molar-refractivity contribution in [1.29, 1.82) is 0 Å². The Bertz CT molecular complexity index is 686. The second-order valence-corrected chi connectivity index (χ2v) is 5.55. The SMILES string of the molecule is O=c1cc(CN2CCC[C@@H]2CO)nc2ccc(Cl)cn12. The lowest BCUT2D eigenvalue weighted by atomic mass is 10.2. The summed E-state index contributed by atoms with van der Waals surface area (Å²) in [5.41, 5.74) is 1.20. The molecule has 1 saturated heterocycles. The van der Waals surface area contributed by atoms with E-state index in [2.05, 4.69) is 9.88 Å². The number of halogens is 1. The third-order valence-electron chi connectivity index (χ3n) is 3.75. The van der Waals surface area contributed by atoms with Gasteiger partial charge in [0.2, 0.25) is 0 Å². The van der Waals surface area contributed by atoms with E-state index in [-0.39, 0.29) is 18.2 Å². The maximum Gasteiger partial charge on any atom is 0.258 e. The maximum atomic E-state index is 12.1. The molecule has 2 aromatic heterocycles. The van der Waals surface area contributed by atoms with E-state index in [1.54, 1.807) is 18.3 Å². The smallest absolute Gasteiger partial charge is 0.258 e. The van der Waals surface area contributed by atoms with Gasteiger partial charge in [0.25, 0.3) is 5.56 Å². The summed E-state index contributed by atoms with van der Waals surface area (Å²) in [6.07, 6.45) is 3.65. The number of likely N-dealkylation sites (tertiary alicyclic amines) is 1. The van der Waals surface area contributed by atoms with Gasteiger partial charge in [0.1, 0.15) is 5.65 Å². The van der Waals surface area contributed by atoms with Crippen molar-refractivity contribution in [3.05, 3.63) is 45.5 Å².